The summed E-state index contributed by atoms with van der Waals surface area (Å²) in [4.78, 5) is 28.0. The van der Waals surface area contributed by atoms with Gasteiger partial charge in [-0.3, -0.25) is 5.32 Å². The van der Waals surface area contributed by atoms with Crippen molar-refractivity contribution in [3.8, 4) is 11.4 Å². The number of hydrogen-bond acceptors (Lipinski definition) is 4. The largest absolute Gasteiger partial charge is 0.415 e. The fourth-order valence-electron chi connectivity index (χ4n) is 6.45. The molecule has 4 aromatic rings. The van der Waals surface area contributed by atoms with Crippen molar-refractivity contribution in [1.29, 1.82) is 0 Å². The molecule has 1 aromatic heterocycles. The lowest BCUT2D eigenvalue weighted by atomic mass is 9.86. The summed E-state index contributed by atoms with van der Waals surface area (Å²) < 4.78 is 7.44. The molecular weight excluding hydrogens is 550 g/mol. The molecule has 0 aliphatic carbocycles. The molecule has 0 radical (unpaired) electrons. The zero-order valence-corrected chi connectivity index (χ0v) is 25.9. The first-order valence-electron chi connectivity index (χ1n) is 15.5. The van der Waals surface area contributed by atoms with Gasteiger partial charge < -0.3 is 15.0 Å². The third kappa shape index (κ3) is 6.64. The number of nitrogens with zero attached hydrogens (tertiary/aromatic N) is 3. The molecule has 6 rings (SSSR count). The summed E-state index contributed by atoms with van der Waals surface area (Å²) in [5.41, 5.74) is 4.73. The standard InChI is InChI=1S/C36H41N5O3/c1-24-10-16-28(17-11-24)41-33(23-32(39-41)36(2,3)4)38-34(42)37-27-14-12-25(13-15-27)20-26-21-29-18-19-30(22-26)40(29)35(43)44-31-8-6-5-7-9-31/h5-17,23,26,29-30H,18-22H2,1-4H3,(H2,37,38,42). The van der Waals surface area contributed by atoms with E-state index in [4.69, 9.17) is 9.84 Å². The minimum atomic E-state index is -0.321. The summed E-state index contributed by atoms with van der Waals surface area (Å²) in [6.07, 6.45) is 4.74. The van der Waals surface area contributed by atoms with E-state index in [2.05, 4.69) is 43.5 Å². The zero-order chi connectivity index (χ0) is 30.8. The smallest absolute Gasteiger partial charge is 0.410 e. The average Bonchev–Trinajstić information content (AvgIpc) is 3.53. The highest BCUT2D eigenvalue weighted by Crippen LogP contribution is 2.40. The molecule has 2 fully saturated rings. The molecule has 44 heavy (non-hydrogen) atoms. The van der Waals surface area contributed by atoms with E-state index in [-0.39, 0.29) is 29.6 Å². The summed E-state index contributed by atoms with van der Waals surface area (Å²) in [7, 11) is 0. The van der Waals surface area contributed by atoms with E-state index >= 15 is 0 Å². The highest BCUT2D eigenvalue weighted by molar-refractivity contribution is 5.99. The highest BCUT2D eigenvalue weighted by atomic mass is 16.6. The van der Waals surface area contributed by atoms with Crippen molar-refractivity contribution in [3.63, 3.8) is 0 Å². The van der Waals surface area contributed by atoms with Crippen LogP contribution in [-0.4, -0.2) is 38.9 Å². The number of ether oxygens (including phenoxy) is 1. The van der Waals surface area contributed by atoms with E-state index < -0.39 is 0 Å². The third-order valence-corrected chi connectivity index (χ3v) is 8.72. The first-order chi connectivity index (χ1) is 21.1. The maximum atomic E-state index is 13.1. The lowest BCUT2D eigenvalue weighted by Crippen LogP contribution is -2.48. The second kappa shape index (κ2) is 12.2. The van der Waals surface area contributed by atoms with Crippen LogP contribution in [0.25, 0.3) is 5.69 Å². The lowest BCUT2D eigenvalue weighted by molar-refractivity contribution is 0.0903. The van der Waals surface area contributed by atoms with E-state index in [1.807, 2.05) is 84.6 Å². The molecule has 8 nitrogen and oxygen atoms in total. The number of fused-ring (bicyclic) bond motifs is 2. The Morgan fingerprint density at radius 3 is 2.18 bits per heavy atom. The van der Waals surface area contributed by atoms with Gasteiger partial charge in [0.2, 0.25) is 0 Å². The normalized spacial score (nSPS) is 19.5. The van der Waals surface area contributed by atoms with Gasteiger partial charge in [0.15, 0.2) is 0 Å². The van der Waals surface area contributed by atoms with Crippen molar-refractivity contribution in [2.24, 2.45) is 5.92 Å². The summed E-state index contributed by atoms with van der Waals surface area (Å²) in [5, 5.41) is 10.8. The van der Waals surface area contributed by atoms with E-state index in [9.17, 15) is 9.59 Å². The van der Waals surface area contributed by atoms with Gasteiger partial charge in [-0.05, 0) is 86.9 Å². The molecule has 2 saturated heterocycles. The highest BCUT2D eigenvalue weighted by Gasteiger charge is 2.44. The van der Waals surface area contributed by atoms with Gasteiger partial charge in [0.25, 0.3) is 0 Å². The number of carbonyl (C=O) groups excluding carboxylic acids is 2. The fraction of sp³-hybridized carbons (Fsp3) is 0.361. The van der Waals surface area contributed by atoms with Crippen LogP contribution in [0.1, 0.15) is 63.3 Å². The Labute approximate surface area is 259 Å². The number of carbonyl (C=O) groups is 2. The van der Waals surface area contributed by atoms with Crippen LogP contribution in [0.3, 0.4) is 0 Å². The summed E-state index contributed by atoms with van der Waals surface area (Å²) in [6, 6.07) is 27.5. The van der Waals surface area contributed by atoms with Crippen LogP contribution in [0, 0.1) is 12.8 Å². The molecular formula is C36H41N5O3. The molecule has 3 heterocycles. The second-order valence-electron chi connectivity index (χ2n) is 13.2. The number of para-hydroxylation sites is 1. The van der Waals surface area contributed by atoms with Gasteiger partial charge in [-0.1, -0.05) is 68.8 Å². The van der Waals surface area contributed by atoms with Gasteiger partial charge in [-0.2, -0.15) is 5.10 Å². The second-order valence-corrected chi connectivity index (χ2v) is 13.2. The van der Waals surface area contributed by atoms with Crippen LogP contribution in [0.5, 0.6) is 5.75 Å². The van der Waals surface area contributed by atoms with Gasteiger partial charge in [-0.15, -0.1) is 0 Å². The molecule has 3 amide bonds. The number of piperidine rings is 1. The number of amides is 3. The number of aromatic nitrogens is 2. The molecule has 2 aliphatic heterocycles. The van der Waals surface area contributed by atoms with Crippen LogP contribution in [0.4, 0.5) is 21.1 Å². The number of benzene rings is 3. The SMILES string of the molecule is Cc1ccc(-n2nc(C(C)(C)C)cc2NC(=O)Nc2ccc(CC3CC4CCC(C3)N4C(=O)Oc3ccccc3)cc2)cc1. The molecule has 8 heteroatoms. The van der Waals surface area contributed by atoms with Crippen molar-refractivity contribution in [2.75, 3.05) is 10.6 Å². The summed E-state index contributed by atoms with van der Waals surface area (Å²) in [5.74, 6) is 1.71. The number of hydrogen-bond donors (Lipinski definition) is 2. The minimum absolute atomic E-state index is 0.166. The monoisotopic (exact) mass is 591 g/mol. The molecule has 2 N–H and O–H groups in total. The summed E-state index contributed by atoms with van der Waals surface area (Å²) >= 11 is 0. The number of nitrogens with one attached hydrogen (secondary N) is 2. The van der Waals surface area contributed by atoms with Gasteiger partial charge in [0.1, 0.15) is 11.6 Å². The Kier molecular flexibility index (Phi) is 8.17. The molecule has 228 valence electrons. The van der Waals surface area contributed by atoms with Gasteiger partial charge >= 0.3 is 12.1 Å². The fourth-order valence-corrected chi connectivity index (χ4v) is 6.45. The quantitative estimate of drug-likeness (QED) is 0.237. The van der Waals surface area contributed by atoms with Crippen molar-refractivity contribution in [1.82, 2.24) is 14.7 Å². The maximum absolute atomic E-state index is 13.1. The predicted octanol–water partition coefficient (Wildman–Crippen LogP) is 8.11. The molecule has 3 aromatic carbocycles. The van der Waals surface area contributed by atoms with Crippen LogP contribution >= 0.6 is 0 Å². The maximum Gasteiger partial charge on any atom is 0.415 e. The Morgan fingerprint density at radius 1 is 0.886 bits per heavy atom. The molecule has 0 spiro atoms. The van der Waals surface area contributed by atoms with E-state index in [0.29, 0.717) is 17.5 Å². The van der Waals surface area contributed by atoms with Gasteiger partial charge in [0.05, 0.1) is 11.4 Å². The number of rotatable bonds is 6. The van der Waals surface area contributed by atoms with Gasteiger partial charge in [0, 0.05) is 29.3 Å². The minimum Gasteiger partial charge on any atom is -0.410 e. The molecule has 2 bridgehead atoms. The molecule has 2 atom stereocenters. The Bertz CT molecular complexity index is 1590. The molecule has 2 aliphatic rings. The van der Waals surface area contributed by atoms with Crippen molar-refractivity contribution in [2.45, 2.75) is 77.3 Å². The van der Waals surface area contributed by atoms with Crippen LogP contribution < -0.4 is 15.4 Å². The van der Waals surface area contributed by atoms with E-state index in [1.54, 1.807) is 4.68 Å². The van der Waals surface area contributed by atoms with Crippen LogP contribution in [-0.2, 0) is 11.8 Å². The van der Waals surface area contributed by atoms with E-state index in [1.165, 1.54) is 5.56 Å². The number of urea groups is 1. The topological polar surface area (TPSA) is 88.5 Å². The zero-order valence-electron chi connectivity index (χ0n) is 25.9. The predicted molar refractivity (Wildman–Crippen MR) is 174 cm³/mol. The third-order valence-electron chi connectivity index (χ3n) is 8.72. The van der Waals surface area contributed by atoms with Crippen LogP contribution in [0.2, 0.25) is 0 Å². The van der Waals surface area contributed by atoms with Gasteiger partial charge in [-0.25, -0.2) is 14.3 Å². The van der Waals surface area contributed by atoms with Crippen molar-refractivity contribution in [3.05, 3.63) is 102 Å². The Morgan fingerprint density at radius 2 is 1.55 bits per heavy atom. The number of aryl methyl sites for hydroxylation is 1. The van der Waals surface area contributed by atoms with Crippen LogP contribution in [0.15, 0.2) is 84.9 Å². The molecule has 2 unspecified atom stereocenters. The first-order valence-corrected chi connectivity index (χ1v) is 15.5. The average molecular weight is 592 g/mol. The number of anilines is 2. The molecule has 0 saturated carbocycles. The Hall–Kier alpha value is -4.59. The Balaban J connectivity index is 1.05. The van der Waals surface area contributed by atoms with E-state index in [0.717, 1.165) is 54.7 Å². The van der Waals surface area contributed by atoms with Crippen molar-refractivity contribution < 1.29 is 14.3 Å². The lowest BCUT2D eigenvalue weighted by Gasteiger charge is -2.38. The summed E-state index contributed by atoms with van der Waals surface area (Å²) in [6.45, 7) is 8.36. The first kappa shape index (κ1) is 29.5. The van der Waals surface area contributed by atoms with Crippen molar-refractivity contribution >= 4 is 23.6 Å².